The summed E-state index contributed by atoms with van der Waals surface area (Å²) in [4.78, 5) is 14.0. The molecule has 0 saturated carbocycles. The molecule has 1 aromatic carbocycles. The van der Waals surface area contributed by atoms with E-state index >= 15 is 0 Å². The Bertz CT molecular complexity index is 540. The number of amides is 1. The number of morpholine rings is 1. The van der Waals surface area contributed by atoms with E-state index in [2.05, 4.69) is 6.07 Å². The van der Waals surface area contributed by atoms with E-state index in [9.17, 15) is 4.79 Å². The van der Waals surface area contributed by atoms with Gasteiger partial charge in [0.1, 0.15) is 17.4 Å². The first-order chi connectivity index (χ1) is 9.90. The molecule has 0 aliphatic carbocycles. The van der Waals surface area contributed by atoms with E-state index in [0.29, 0.717) is 18.7 Å². The first-order valence-electron chi connectivity index (χ1n) is 6.98. The molecular weight excluding hydrogens is 268 g/mol. The second-order valence-corrected chi connectivity index (χ2v) is 5.96. The lowest BCUT2D eigenvalue weighted by Crippen LogP contribution is -2.47. The van der Waals surface area contributed by atoms with Crippen LogP contribution < -0.4 is 4.74 Å². The zero-order chi connectivity index (χ0) is 15.5. The fourth-order valence-electron chi connectivity index (χ4n) is 2.14. The maximum absolute atomic E-state index is 12.4. The molecule has 1 aliphatic heterocycles. The van der Waals surface area contributed by atoms with Gasteiger partial charge in [-0.15, -0.1) is 0 Å². The van der Waals surface area contributed by atoms with Crippen LogP contribution in [-0.4, -0.2) is 42.2 Å². The van der Waals surface area contributed by atoms with Crippen molar-refractivity contribution < 1.29 is 14.3 Å². The van der Waals surface area contributed by atoms with Crippen LogP contribution in [0.25, 0.3) is 0 Å². The number of hydrogen-bond acceptors (Lipinski definition) is 4. The van der Waals surface area contributed by atoms with Crippen molar-refractivity contribution in [2.45, 2.75) is 32.4 Å². The molecule has 1 aliphatic rings. The zero-order valence-electron chi connectivity index (χ0n) is 12.6. The molecule has 1 aromatic rings. The number of hydrogen-bond donors (Lipinski definition) is 0. The van der Waals surface area contributed by atoms with Gasteiger partial charge in [-0.05, 0) is 45.0 Å². The van der Waals surface area contributed by atoms with E-state index in [1.54, 1.807) is 29.2 Å². The van der Waals surface area contributed by atoms with Gasteiger partial charge in [0.2, 0.25) is 0 Å². The van der Waals surface area contributed by atoms with E-state index in [4.69, 9.17) is 14.7 Å². The first kappa shape index (κ1) is 15.3. The summed E-state index contributed by atoms with van der Waals surface area (Å²) in [5.74, 6) is 0.574. The Balaban J connectivity index is 2.11. The smallest absolute Gasteiger partial charge is 0.255 e. The maximum Gasteiger partial charge on any atom is 0.255 e. The van der Waals surface area contributed by atoms with E-state index < -0.39 is 6.04 Å². The topological polar surface area (TPSA) is 62.6 Å². The van der Waals surface area contributed by atoms with E-state index in [1.807, 2.05) is 20.8 Å². The summed E-state index contributed by atoms with van der Waals surface area (Å²) >= 11 is 0. The van der Waals surface area contributed by atoms with E-state index in [0.717, 1.165) is 5.75 Å². The molecule has 112 valence electrons. The molecular formula is C16H20N2O3. The van der Waals surface area contributed by atoms with Gasteiger partial charge in [-0.3, -0.25) is 4.79 Å². The van der Waals surface area contributed by atoms with Crippen molar-refractivity contribution in [1.82, 2.24) is 4.90 Å². The van der Waals surface area contributed by atoms with Crippen molar-refractivity contribution in [3.8, 4) is 11.8 Å². The Morgan fingerprint density at radius 3 is 2.62 bits per heavy atom. The number of benzene rings is 1. The van der Waals surface area contributed by atoms with Crippen molar-refractivity contribution in [3.05, 3.63) is 29.8 Å². The minimum absolute atomic E-state index is 0.146. The van der Waals surface area contributed by atoms with Crippen LogP contribution in [0.3, 0.4) is 0 Å². The third-order valence-corrected chi connectivity index (χ3v) is 3.06. The molecule has 0 bridgehead atoms. The van der Waals surface area contributed by atoms with Gasteiger partial charge in [-0.2, -0.15) is 5.26 Å². The van der Waals surface area contributed by atoms with Crippen LogP contribution in [0.4, 0.5) is 0 Å². The van der Waals surface area contributed by atoms with Gasteiger partial charge in [0, 0.05) is 12.1 Å². The Labute approximate surface area is 125 Å². The Hall–Kier alpha value is -2.06. The number of carbonyl (C=O) groups is 1. The van der Waals surface area contributed by atoms with Gasteiger partial charge in [-0.25, -0.2) is 0 Å². The fraction of sp³-hybridized carbons (Fsp3) is 0.500. The highest BCUT2D eigenvalue weighted by molar-refractivity contribution is 5.94. The minimum atomic E-state index is -0.517. The summed E-state index contributed by atoms with van der Waals surface area (Å²) < 4.78 is 11.0. The molecule has 2 rings (SSSR count). The third-order valence-electron chi connectivity index (χ3n) is 3.06. The summed E-state index contributed by atoms with van der Waals surface area (Å²) in [5, 5.41) is 9.09. The SMILES string of the molecule is CC(C)(C)Oc1ccc(C(=O)N2CCOC[C@H]2C#N)cc1. The van der Waals surface area contributed by atoms with Gasteiger partial charge in [0.25, 0.3) is 5.91 Å². The zero-order valence-corrected chi connectivity index (χ0v) is 12.6. The predicted molar refractivity (Wildman–Crippen MR) is 78.1 cm³/mol. The molecule has 1 atom stereocenters. The van der Waals surface area contributed by atoms with Crippen molar-refractivity contribution in [2.24, 2.45) is 0 Å². The molecule has 0 radical (unpaired) electrons. The second-order valence-electron chi connectivity index (χ2n) is 5.96. The normalized spacial score (nSPS) is 19.0. The summed E-state index contributed by atoms with van der Waals surface area (Å²) in [7, 11) is 0. The lowest BCUT2D eigenvalue weighted by molar-refractivity contribution is 0.0132. The van der Waals surface area contributed by atoms with Crippen LogP contribution in [0.5, 0.6) is 5.75 Å². The average Bonchev–Trinajstić information content (AvgIpc) is 2.45. The largest absolute Gasteiger partial charge is 0.488 e. The molecule has 5 heteroatoms. The molecule has 21 heavy (non-hydrogen) atoms. The number of nitriles is 1. The number of nitrogens with zero attached hydrogens (tertiary/aromatic N) is 2. The monoisotopic (exact) mass is 288 g/mol. The van der Waals surface area contributed by atoms with Crippen molar-refractivity contribution in [2.75, 3.05) is 19.8 Å². The molecule has 1 amide bonds. The van der Waals surface area contributed by atoms with Gasteiger partial charge in [0.05, 0.1) is 19.3 Å². The van der Waals surface area contributed by atoms with Gasteiger partial charge < -0.3 is 14.4 Å². The predicted octanol–water partition coefficient (Wildman–Crippen LogP) is 2.23. The molecule has 1 saturated heterocycles. The quantitative estimate of drug-likeness (QED) is 0.837. The molecule has 0 aromatic heterocycles. The summed E-state index contributed by atoms with van der Waals surface area (Å²) in [6.07, 6.45) is 0. The lowest BCUT2D eigenvalue weighted by Gasteiger charge is -2.31. The Morgan fingerprint density at radius 2 is 2.05 bits per heavy atom. The summed E-state index contributed by atoms with van der Waals surface area (Å²) in [6, 6.07) is 8.60. The number of ether oxygens (including phenoxy) is 2. The first-order valence-corrected chi connectivity index (χ1v) is 6.98. The van der Waals surface area contributed by atoms with Crippen LogP contribution >= 0.6 is 0 Å². The molecule has 0 N–H and O–H groups in total. The Kier molecular flexibility index (Phi) is 4.49. The number of rotatable bonds is 2. The summed E-state index contributed by atoms with van der Waals surface area (Å²) in [6.45, 7) is 7.09. The van der Waals surface area contributed by atoms with Crippen LogP contribution in [0.1, 0.15) is 31.1 Å². The highest BCUT2D eigenvalue weighted by Gasteiger charge is 2.27. The standard InChI is InChI=1S/C16H20N2O3/c1-16(2,3)21-14-6-4-12(5-7-14)15(19)18-8-9-20-11-13(18)10-17/h4-7,13H,8-9,11H2,1-3H3/t13-/m1/s1. The summed E-state index contributed by atoms with van der Waals surface area (Å²) in [5.41, 5.74) is 0.278. The van der Waals surface area contributed by atoms with Crippen LogP contribution in [0.2, 0.25) is 0 Å². The highest BCUT2D eigenvalue weighted by Crippen LogP contribution is 2.20. The van der Waals surface area contributed by atoms with Gasteiger partial charge in [0.15, 0.2) is 0 Å². The minimum Gasteiger partial charge on any atom is -0.488 e. The third kappa shape index (κ3) is 3.96. The molecule has 0 unspecified atom stereocenters. The maximum atomic E-state index is 12.4. The van der Waals surface area contributed by atoms with Crippen molar-refractivity contribution in [1.29, 1.82) is 5.26 Å². The van der Waals surface area contributed by atoms with E-state index in [1.165, 1.54) is 0 Å². The van der Waals surface area contributed by atoms with Crippen LogP contribution in [0.15, 0.2) is 24.3 Å². The average molecular weight is 288 g/mol. The second kappa shape index (κ2) is 6.15. The van der Waals surface area contributed by atoms with Crippen LogP contribution in [0, 0.1) is 11.3 Å². The van der Waals surface area contributed by atoms with Gasteiger partial charge in [-0.1, -0.05) is 0 Å². The Morgan fingerprint density at radius 1 is 1.38 bits per heavy atom. The van der Waals surface area contributed by atoms with E-state index in [-0.39, 0.29) is 18.1 Å². The molecule has 5 nitrogen and oxygen atoms in total. The highest BCUT2D eigenvalue weighted by atomic mass is 16.5. The van der Waals surface area contributed by atoms with Crippen LogP contribution in [-0.2, 0) is 4.74 Å². The number of carbonyl (C=O) groups excluding carboxylic acids is 1. The van der Waals surface area contributed by atoms with Crippen molar-refractivity contribution in [3.63, 3.8) is 0 Å². The molecule has 1 fully saturated rings. The molecule has 1 heterocycles. The lowest BCUT2D eigenvalue weighted by atomic mass is 10.1. The van der Waals surface area contributed by atoms with Gasteiger partial charge >= 0.3 is 0 Å². The fourth-order valence-corrected chi connectivity index (χ4v) is 2.14. The van der Waals surface area contributed by atoms with Crippen molar-refractivity contribution >= 4 is 5.91 Å². The molecule has 0 spiro atoms.